The fourth-order valence-electron chi connectivity index (χ4n) is 2.02. The maximum Gasteiger partial charge on any atom is 0.234 e. The van der Waals surface area contributed by atoms with E-state index in [9.17, 15) is 0 Å². The Kier molecular flexibility index (Phi) is 4.61. The van der Waals surface area contributed by atoms with Gasteiger partial charge in [-0.2, -0.15) is 20.1 Å². The van der Waals surface area contributed by atoms with Crippen LogP contribution in [0.3, 0.4) is 0 Å². The molecule has 0 amide bonds. The van der Waals surface area contributed by atoms with E-state index in [1.54, 1.807) is 5.55 Å². The van der Waals surface area contributed by atoms with Gasteiger partial charge in [-0.3, -0.25) is 5.43 Å². The molecule has 0 aliphatic carbocycles. The number of benzene rings is 1. The van der Waals surface area contributed by atoms with Crippen LogP contribution in [0.15, 0.2) is 35.4 Å². The molecular weight excluding hydrogens is 310 g/mol. The Bertz CT molecular complexity index is 681. The third-order valence-electron chi connectivity index (χ3n) is 3.30. The Labute approximate surface area is 139 Å². The van der Waals surface area contributed by atoms with Crippen LogP contribution in [0.25, 0.3) is 0 Å². The van der Waals surface area contributed by atoms with Gasteiger partial charge in [0.25, 0.3) is 0 Å². The van der Waals surface area contributed by atoms with E-state index in [-0.39, 0.29) is 11.4 Å². The third kappa shape index (κ3) is 3.70. The first kappa shape index (κ1) is 15.5. The molecule has 0 bridgehead atoms. The number of nitrogens with zero attached hydrogens (tertiary/aromatic N) is 5. The lowest BCUT2D eigenvalue weighted by Gasteiger charge is -2.20. The smallest absolute Gasteiger partial charge is 0.234 e. The van der Waals surface area contributed by atoms with Gasteiger partial charge in [-0.1, -0.05) is 43.8 Å². The van der Waals surface area contributed by atoms with E-state index < -0.39 is 0 Å². The highest BCUT2D eigenvalue weighted by Crippen LogP contribution is 2.23. The molecule has 1 aliphatic heterocycles. The summed E-state index contributed by atoms with van der Waals surface area (Å²) in [6, 6.07) is 10.0. The number of anilines is 3. The van der Waals surface area contributed by atoms with Crippen LogP contribution in [-0.2, 0) is 0 Å². The largest absolute Gasteiger partial charge is 0.324 e. The molecule has 2 heterocycles. The first-order valence-electron chi connectivity index (χ1n) is 7.37. The number of rotatable bonds is 5. The van der Waals surface area contributed by atoms with Crippen LogP contribution in [0.2, 0.25) is 0 Å². The van der Waals surface area contributed by atoms with Gasteiger partial charge < -0.3 is 10.2 Å². The van der Waals surface area contributed by atoms with E-state index in [1.165, 1.54) is 11.8 Å². The average molecular weight is 329 g/mol. The SMILES string of the molecule is CC(C)c1nc(NC2NN=CS2)nc(N(C)c2ccccc2)n1. The summed E-state index contributed by atoms with van der Waals surface area (Å²) in [7, 11) is 1.95. The van der Waals surface area contributed by atoms with E-state index in [1.807, 2.05) is 42.3 Å². The van der Waals surface area contributed by atoms with Crippen molar-refractivity contribution < 1.29 is 0 Å². The molecule has 0 radical (unpaired) electrons. The van der Waals surface area contributed by atoms with Crippen molar-refractivity contribution in [3.63, 3.8) is 0 Å². The normalized spacial score (nSPS) is 16.4. The van der Waals surface area contributed by atoms with Crippen molar-refractivity contribution in [1.82, 2.24) is 20.4 Å². The molecule has 0 fully saturated rings. The van der Waals surface area contributed by atoms with E-state index >= 15 is 0 Å². The monoisotopic (exact) mass is 329 g/mol. The minimum atomic E-state index is -0.0627. The standard InChI is InChI=1S/C15H19N7S/c1-10(2)12-17-13(20-15-21-16-9-23-15)19-14(18-12)22(3)11-7-5-4-6-8-11/h4-10,15,21H,1-3H3,(H,17,18,19,20). The fraction of sp³-hybridized carbons (Fsp3) is 0.333. The average Bonchev–Trinajstić information content (AvgIpc) is 3.07. The van der Waals surface area contributed by atoms with Crippen LogP contribution in [0.4, 0.5) is 17.6 Å². The number of nitrogens with one attached hydrogen (secondary N) is 2. The lowest BCUT2D eigenvalue weighted by molar-refractivity contribution is 0.732. The summed E-state index contributed by atoms with van der Waals surface area (Å²) >= 11 is 1.53. The molecule has 1 aromatic heterocycles. The number of aromatic nitrogens is 3. The van der Waals surface area contributed by atoms with Crippen molar-refractivity contribution in [2.45, 2.75) is 25.3 Å². The summed E-state index contributed by atoms with van der Waals surface area (Å²) in [5, 5.41) is 7.19. The molecule has 23 heavy (non-hydrogen) atoms. The lowest BCUT2D eigenvalue weighted by Crippen LogP contribution is -2.27. The molecule has 1 unspecified atom stereocenters. The van der Waals surface area contributed by atoms with Crippen LogP contribution in [0, 0.1) is 0 Å². The molecule has 0 spiro atoms. The van der Waals surface area contributed by atoms with Gasteiger partial charge in [-0.25, -0.2) is 0 Å². The van der Waals surface area contributed by atoms with Crippen LogP contribution in [-0.4, -0.2) is 33.0 Å². The van der Waals surface area contributed by atoms with Gasteiger partial charge in [0.15, 0.2) is 5.50 Å². The van der Waals surface area contributed by atoms with Gasteiger partial charge in [0.1, 0.15) is 5.82 Å². The first-order chi connectivity index (χ1) is 11.1. The van der Waals surface area contributed by atoms with Gasteiger partial charge in [-0.05, 0) is 12.1 Å². The zero-order chi connectivity index (χ0) is 16.2. The predicted octanol–water partition coefficient (Wildman–Crippen LogP) is 2.74. The Hall–Kier alpha value is -2.35. The van der Waals surface area contributed by atoms with Crippen molar-refractivity contribution in [3.8, 4) is 0 Å². The maximum absolute atomic E-state index is 4.59. The van der Waals surface area contributed by atoms with Gasteiger partial charge >= 0.3 is 0 Å². The van der Waals surface area contributed by atoms with Crippen LogP contribution in [0.1, 0.15) is 25.6 Å². The second-order valence-electron chi connectivity index (χ2n) is 5.39. The molecule has 2 aromatic rings. The molecule has 3 rings (SSSR count). The molecule has 0 saturated heterocycles. The number of hydrazone groups is 1. The minimum Gasteiger partial charge on any atom is -0.324 e. The highest BCUT2D eigenvalue weighted by atomic mass is 32.2. The summed E-state index contributed by atoms with van der Waals surface area (Å²) in [6.45, 7) is 4.13. The van der Waals surface area contributed by atoms with E-state index in [2.05, 4.69) is 44.6 Å². The molecule has 7 nitrogen and oxygen atoms in total. The highest BCUT2D eigenvalue weighted by molar-refractivity contribution is 8.12. The molecule has 1 aliphatic rings. The fourth-order valence-corrected chi connectivity index (χ4v) is 2.56. The molecule has 120 valence electrons. The maximum atomic E-state index is 4.59. The first-order valence-corrected chi connectivity index (χ1v) is 8.31. The van der Waals surface area contributed by atoms with Crippen LogP contribution < -0.4 is 15.6 Å². The van der Waals surface area contributed by atoms with E-state index in [4.69, 9.17) is 0 Å². The number of thioether (sulfide) groups is 1. The summed E-state index contributed by atoms with van der Waals surface area (Å²) in [5.41, 5.74) is 5.65. The lowest BCUT2D eigenvalue weighted by atomic mass is 10.2. The van der Waals surface area contributed by atoms with Crippen LogP contribution in [0.5, 0.6) is 0 Å². The van der Waals surface area contributed by atoms with Crippen molar-refractivity contribution >= 4 is 34.9 Å². The molecule has 1 aromatic carbocycles. The minimum absolute atomic E-state index is 0.0627. The van der Waals surface area contributed by atoms with Crippen LogP contribution >= 0.6 is 11.8 Å². The van der Waals surface area contributed by atoms with Gasteiger partial charge in [0.05, 0.1) is 5.55 Å². The molecule has 2 N–H and O–H groups in total. The quantitative estimate of drug-likeness (QED) is 0.873. The summed E-state index contributed by atoms with van der Waals surface area (Å²) in [6.07, 6.45) is 0. The number of para-hydroxylation sites is 1. The third-order valence-corrected chi connectivity index (χ3v) is 4.02. The van der Waals surface area contributed by atoms with Gasteiger partial charge in [0, 0.05) is 18.7 Å². The van der Waals surface area contributed by atoms with Gasteiger partial charge in [-0.15, -0.1) is 0 Å². The summed E-state index contributed by atoms with van der Waals surface area (Å²) < 4.78 is 0. The van der Waals surface area contributed by atoms with E-state index in [0.29, 0.717) is 11.9 Å². The Balaban J connectivity index is 1.90. The molecular formula is C15H19N7S. The zero-order valence-corrected chi connectivity index (χ0v) is 14.1. The van der Waals surface area contributed by atoms with E-state index in [0.717, 1.165) is 11.5 Å². The predicted molar refractivity (Wildman–Crippen MR) is 95.1 cm³/mol. The van der Waals surface area contributed by atoms with Gasteiger partial charge in [0.2, 0.25) is 11.9 Å². The Morgan fingerprint density at radius 3 is 2.61 bits per heavy atom. The Morgan fingerprint density at radius 2 is 1.96 bits per heavy atom. The topological polar surface area (TPSA) is 78.3 Å². The molecule has 1 atom stereocenters. The summed E-state index contributed by atoms with van der Waals surface area (Å²) in [4.78, 5) is 15.6. The van der Waals surface area contributed by atoms with Crippen molar-refractivity contribution in [1.29, 1.82) is 0 Å². The van der Waals surface area contributed by atoms with Crippen molar-refractivity contribution in [3.05, 3.63) is 36.2 Å². The Morgan fingerprint density at radius 1 is 1.17 bits per heavy atom. The van der Waals surface area contributed by atoms with Crippen molar-refractivity contribution in [2.75, 3.05) is 17.3 Å². The number of hydrogen-bond acceptors (Lipinski definition) is 8. The highest BCUT2D eigenvalue weighted by Gasteiger charge is 2.17. The van der Waals surface area contributed by atoms with Crippen molar-refractivity contribution in [2.24, 2.45) is 5.10 Å². The zero-order valence-electron chi connectivity index (χ0n) is 13.3. The second kappa shape index (κ2) is 6.82. The molecule has 8 heteroatoms. The molecule has 0 saturated carbocycles. The number of hydrogen-bond donors (Lipinski definition) is 2. The summed E-state index contributed by atoms with van der Waals surface area (Å²) in [5.74, 6) is 2.12. The second-order valence-corrected chi connectivity index (χ2v) is 6.34.